The van der Waals surface area contributed by atoms with E-state index in [-0.39, 0.29) is 57.2 Å². The van der Waals surface area contributed by atoms with Gasteiger partial charge in [-0.25, -0.2) is 8.78 Å². The van der Waals surface area contributed by atoms with Gasteiger partial charge in [-0.1, -0.05) is 177 Å². The van der Waals surface area contributed by atoms with E-state index in [1.165, 1.54) is 46.5 Å². The van der Waals surface area contributed by atoms with Gasteiger partial charge in [-0.2, -0.15) is 0 Å². The summed E-state index contributed by atoms with van der Waals surface area (Å²) in [6.45, 7) is 52.8. The lowest BCUT2D eigenvalue weighted by atomic mass is 9.71. The van der Waals surface area contributed by atoms with E-state index >= 15 is 8.78 Å². The third-order valence-corrected chi connectivity index (χ3v) is 18.8. The van der Waals surface area contributed by atoms with Gasteiger partial charge in [0.15, 0.2) is 0 Å². The molecule has 0 unspecified atom stereocenters. The molecule has 2 heterocycles. The number of halogens is 2. The number of benzene rings is 8. The number of hydrogen-bond donors (Lipinski definition) is 2. The maximum absolute atomic E-state index is 16.3. The van der Waals surface area contributed by atoms with Crippen LogP contribution in [0.25, 0.3) is 77.2 Å². The third kappa shape index (κ3) is 13.2. The van der Waals surface area contributed by atoms with Gasteiger partial charge in [-0.3, -0.25) is 0 Å². The smallest absolute Gasteiger partial charge is 0.147 e. The van der Waals surface area contributed by atoms with Gasteiger partial charge in [0.2, 0.25) is 0 Å². The van der Waals surface area contributed by atoms with E-state index in [2.05, 4.69) is 246 Å². The van der Waals surface area contributed by atoms with Crippen LogP contribution < -0.4 is 9.47 Å². The molecule has 0 spiro atoms. The van der Waals surface area contributed by atoms with Crippen LogP contribution in [0.5, 0.6) is 23.0 Å². The molecule has 6 nitrogen and oxygen atoms in total. The van der Waals surface area contributed by atoms with Crippen molar-refractivity contribution in [3.8, 4) is 56.6 Å². The first-order valence-electron chi connectivity index (χ1n) is 33.1. The zero-order chi connectivity index (χ0) is 67.7. The number of aromatic nitrogens is 2. The highest BCUT2D eigenvalue weighted by atomic mass is 19.1. The molecule has 8 heteroatoms. The summed E-state index contributed by atoms with van der Waals surface area (Å²) in [5, 5.41) is 30.7. The first-order valence-corrected chi connectivity index (χ1v) is 33.1. The second kappa shape index (κ2) is 23.2. The highest BCUT2D eigenvalue weighted by molar-refractivity contribution is 6.11. The Morgan fingerprint density at radius 1 is 0.337 bits per heavy atom. The molecule has 0 fully saturated rings. The van der Waals surface area contributed by atoms with E-state index in [0.29, 0.717) is 56.3 Å². The Kier molecular flexibility index (Phi) is 16.9. The number of fused-ring (bicyclic) bond motifs is 6. The quantitative estimate of drug-likeness (QED) is 0.113. The number of rotatable bonds is 13. The molecule has 92 heavy (non-hydrogen) atoms. The number of nitrogens with zero attached hydrogens (tertiary/aromatic N) is 2. The van der Waals surface area contributed by atoms with E-state index in [9.17, 15) is 10.2 Å². The molecular weight excluding hydrogens is 1140 g/mol. The Morgan fingerprint density at radius 2 is 0.609 bits per heavy atom. The average Bonchev–Trinajstić information content (AvgIpc) is 1.53. The summed E-state index contributed by atoms with van der Waals surface area (Å²) in [7, 11) is 0. The SMILES string of the molecule is Cc1cc(F)cc(-c2cc(C(C)(C)CC(C)(C)C)cc(-n3c4ccc(C(C)(C)C)cc4c4cc(C(C)(C)C)ccc43)c2O)c1OCCOc1c(C)cc(F)cc1-c1cc(C(C)(C)CC(C)(C)C)cc(-n2c3ccc(C(C)(C)C)cc3c3cc(C(C)(C)C)ccc32)c1O. The van der Waals surface area contributed by atoms with Gasteiger partial charge in [0.1, 0.15) is 47.8 Å². The van der Waals surface area contributed by atoms with Gasteiger partial charge in [0, 0.05) is 43.8 Å². The molecule has 10 aromatic rings. The maximum Gasteiger partial charge on any atom is 0.147 e. The topological polar surface area (TPSA) is 68.8 Å². The lowest BCUT2D eigenvalue weighted by Gasteiger charge is -2.34. The number of hydrogen-bond acceptors (Lipinski definition) is 4. The molecule has 0 aliphatic heterocycles. The second-order valence-corrected chi connectivity index (χ2v) is 34.5. The Morgan fingerprint density at radius 3 is 0.859 bits per heavy atom. The maximum atomic E-state index is 16.3. The molecule has 2 aromatic heterocycles. The van der Waals surface area contributed by atoms with E-state index in [1.807, 2.05) is 26.0 Å². The average molecular weight is 1240 g/mol. The lowest BCUT2D eigenvalue weighted by molar-refractivity contribution is 0.216. The van der Waals surface area contributed by atoms with E-state index < -0.39 is 22.5 Å². The highest BCUT2D eigenvalue weighted by Gasteiger charge is 2.34. The second-order valence-electron chi connectivity index (χ2n) is 34.5. The summed E-state index contributed by atoms with van der Waals surface area (Å²) in [6, 6.07) is 40.8. The Balaban J connectivity index is 1.10. The number of ether oxygens (including phenoxy) is 2. The molecule has 0 radical (unpaired) electrons. The normalized spacial score (nSPS) is 13.4. The lowest BCUT2D eigenvalue weighted by Crippen LogP contribution is -2.25. The zero-order valence-electron chi connectivity index (χ0n) is 59.7. The fourth-order valence-electron chi connectivity index (χ4n) is 14.6. The van der Waals surface area contributed by atoms with Crippen molar-refractivity contribution < 1.29 is 28.5 Å². The summed E-state index contributed by atoms with van der Waals surface area (Å²) in [5.74, 6) is -0.145. The van der Waals surface area contributed by atoms with E-state index in [4.69, 9.17) is 9.47 Å². The monoisotopic (exact) mass is 1240 g/mol. The van der Waals surface area contributed by atoms with Crippen LogP contribution in [0, 0.1) is 36.3 Å². The largest absolute Gasteiger partial charge is 0.505 e. The Bertz CT molecular complexity index is 4090. The molecule has 2 N–H and O–H groups in total. The third-order valence-electron chi connectivity index (χ3n) is 18.8. The molecule has 8 aromatic carbocycles. The van der Waals surface area contributed by atoms with Gasteiger partial charge in [0.25, 0.3) is 0 Å². The van der Waals surface area contributed by atoms with E-state index in [1.54, 1.807) is 0 Å². The standard InChI is InChI=1S/C84H102F2N2O4/c1-49-35-57(85)45-65(63-41-55(83(21,22)47-77(3,4)5)43-71(73(63)89)87-67-29-25-51(79(9,10)11)37-59(67)60-38-52(80(12,13)14)26-30-68(60)87)75(49)91-33-34-92-76-50(2)36-58(86)46-66(76)64-42-56(84(23,24)48-78(6,7)8)44-72(74(64)90)88-69-31-27-53(81(15,16)17)39-61(69)62-40-54(82(18,19)20)28-32-70(62)88/h25-32,35-46,89-90H,33-34,47-48H2,1-24H3. The van der Waals surface area contributed by atoms with Gasteiger partial charge in [0.05, 0.1) is 33.4 Å². The van der Waals surface area contributed by atoms with Crippen molar-refractivity contribution >= 4 is 43.6 Å². The molecular formula is C84H102F2N2O4. The van der Waals surface area contributed by atoms with Gasteiger partial charge in [-0.15, -0.1) is 0 Å². The predicted molar refractivity (Wildman–Crippen MR) is 385 cm³/mol. The van der Waals surface area contributed by atoms with E-state index in [0.717, 1.165) is 67.6 Å². The first kappa shape index (κ1) is 67.3. The molecule has 10 rings (SSSR count). The minimum atomic E-state index is -0.466. The van der Waals surface area contributed by atoms with Crippen molar-refractivity contribution in [1.82, 2.24) is 9.13 Å². The molecule has 0 saturated carbocycles. The van der Waals surface area contributed by atoms with Crippen LogP contribution in [-0.2, 0) is 32.5 Å². The van der Waals surface area contributed by atoms with Crippen molar-refractivity contribution in [1.29, 1.82) is 0 Å². The number of phenolic OH excluding ortho intramolecular Hbond substituents is 2. The van der Waals surface area contributed by atoms with Crippen LogP contribution in [0.1, 0.15) is 210 Å². The zero-order valence-corrected chi connectivity index (χ0v) is 59.7. The van der Waals surface area contributed by atoms with Crippen molar-refractivity contribution in [3.05, 3.63) is 177 Å². The van der Waals surface area contributed by atoms with Crippen molar-refractivity contribution in [2.45, 2.75) is 212 Å². The first-order chi connectivity index (χ1) is 42.3. The summed E-state index contributed by atoms with van der Waals surface area (Å²) < 4.78 is 50.7. The minimum absolute atomic E-state index is 0.00198. The van der Waals surface area contributed by atoms with Crippen LogP contribution in [0.4, 0.5) is 8.78 Å². The Hall–Kier alpha value is -7.58. The van der Waals surface area contributed by atoms with Gasteiger partial charge in [-0.05, 0) is 212 Å². The summed E-state index contributed by atoms with van der Waals surface area (Å²) >= 11 is 0. The van der Waals surface area contributed by atoms with Crippen LogP contribution in [-0.4, -0.2) is 32.6 Å². The number of phenols is 2. The Labute approximate surface area is 548 Å². The van der Waals surface area contributed by atoms with Gasteiger partial charge >= 0.3 is 0 Å². The molecule has 0 amide bonds. The minimum Gasteiger partial charge on any atom is -0.505 e. The van der Waals surface area contributed by atoms with Crippen molar-refractivity contribution in [2.24, 2.45) is 10.8 Å². The van der Waals surface area contributed by atoms with Crippen LogP contribution in [0.2, 0.25) is 0 Å². The van der Waals surface area contributed by atoms with Crippen molar-refractivity contribution in [2.75, 3.05) is 13.2 Å². The highest BCUT2D eigenvalue weighted by Crippen LogP contribution is 2.51. The molecule has 486 valence electrons. The summed E-state index contributed by atoms with van der Waals surface area (Å²) in [4.78, 5) is 0. The number of aryl methyl sites for hydroxylation is 2. The summed E-state index contributed by atoms with van der Waals surface area (Å²) in [6.07, 6.45) is 1.65. The van der Waals surface area contributed by atoms with Crippen LogP contribution in [0.15, 0.2) is 121 Å². The molecule has 0 aliphatic rings. The van der Waals surface area contributed by atoms with Gasteiger partial charge < -0.3 is 28.8 Å². The molecule has 0 aliphatic carbocycles. The van der Waals surface area contributed by atoms with Crippen LogP contribution in [0.3, 0.4) is 0 Å². The predicted octanol–water partition coefficient (Wildman–Crippen LogP) is 23.6. The van der Waals surface area contributed by atoms with Crippen LogP contribution >= 0.6 is 0 Å². The number of aromatic hydroxyl groups is 2. The molecule has 0 atom stereocenters. The molecule has 0 bridgehead atoms. The fourth-order valence-corrected chi connectivity index (χ4v) is 14.6. The molecule has 0 saturated heterocycles. The van der Waals surface area contributed by atoms with Crippen molar-refractivity contribution in [3.63, 3.8) is 0 Å². The summed E-state index contributed by atoms with van der Waals surface area (Å²) in [5.41, 5.74) is 13.2. The fraction of sp³-hybridized carbons (Fsp3) is 0.429.